The van der Waals surface area contributed by atoms with Gasteiger partial charge >= 0.3 is 0 Å². The minimum atomic E-state index is 1.16. The quantitative estimate of drug-likeness (QED) is 0.537. The maximum absolute atomic E-state index is 2.95. The monoisotopic (exact) mass is 140 g/mol. The Labute approximate surface area is 63.0 Å². The number of hydrazine groups is 1. The van der Waals surface area contributed by atoms with Crippen LogP contribution in [0.1, 0.15) is 27.7 Å². The van der Waals surface area contributed by atoms with E-state index in [1.54, 1.807) is 0 Å². The molecule has 0 radical (unpaired) electrons. The van der Waals surface area contributed by atoms with Gasteiger partial charge in [-0.25, -0.2) is 0 Å². The normalized spacial score (nSPS) is 14.8. The predicted molar refractivity (Wildman–Crippen MR) is 45.1 cm³/mol. The fourth-order valence-electron chi connectivity index (χ4n) is 0.683. The van der Waals surface area contributed by atoms with Crippen molar-refractivity contribution in [2.75, 3.05) is 0 Å². The van der Waals surface area contributed by atoms with Crippen LogP contribution >= 0.6 is 0 Å². The first-order chi connectivity index (χ1) is 4.79. The summed E-state index contributed by atoms with van der Waals surface area (Å²) in [5.41, 5.74) is 8.26. The second-order valence-corrected chi connectivity index (χ2v) is 1.99. The molecule has 58 valence electrons. The third kappa shape index (κ3) is 3.17. The second-order valence-electron chi connectivity index (χ2n) is 1.99. The van der Waals surface area contributed by atoms with Gasteiger partial charge in [0.2, 0.25) is 0 Å². The molecule has 1 aliphatic heterocycles. The van der Waals surface area contributed by atoms with Gasteiger partial charge in [0.25, 0.3) is 0 Å². The summed E-state index contributed by atoms with van der Waals surface area (Å²) in [6.45, 7) is 8.07. The summed E-state index contributed by atoms with van der Waals surface area (Å²) in [5.74, 6) is 0. The first-order valence-electron chi connectivity index (χ1n) is 3.65. The molecule has 1 aliphatic rings. The van der Waals surface area contributed by atoms with Gasteiger partial charge in [0.05, 0.1) is 0 Å². The highest BCUT2D eigenvalue weighted by Crippen LogP contribution is 1.99. The van der Waals surface area contributed by atoms with Crippen LogP contribution in [-0.4, -0.2) is 0 Å². The molecule has 10 heavy (non-hydrogen) atoms. The van der Waals surface area contributed by atoms with Gasteiger partial charge in [0.15, 0.2) is 0 Å². The lowest BCUT2D eigenvalue weighted by Crippen LogP contribution is -2.27. The van der Waals surface area contributed by atoms with Crippen LogP contribution in [0.3, 0.4) is 0 Å². The van der Waals surface area contributed by atoms with Crippen molar-refractivity contribution in [3.63, 3.8) is 0 Å². The molecule has 0 atom stereocenters. The standard InChI is InChI=1S/C6H10N2.C2H6/c1-5-3-6(2)8-7-4-5;1-2/h3-4,7-8H,1-2H3;1-2H3. The Morgan fingerprint density at radius 2 is 1.80 bits per heavy atom. The van der Waals surface area contributed by atoms with Gasteiger partial charge in [-0.1, -0.05) is 13.8 Å². The maximum Gasteiger partial charge on any atom is 0.0286 e. The third-order valence-electron chi connectivity index (χ3n) is 1.01. The fourth-order valence-corrected chi connectivity index (χ4v) is 0.683. The summed E-state index contributed by atoms with van der Waals surface area (Å²) in [5, 5.41) is 0. The van der Waals surface area contributed by atoms with Crippen molar-refractivity contribution < 1.29 is 0 Å². The van der Waals surface area contributed by atoms with E-state index in [4.69, 9.17) is 0 Å². The summed E-state index contributed by atoms with van der Waals surface area (Å²) < 4.78 is 0. The van der Waals surface area contributed by atoms with E-state index in [1.807, 2.05) is 27.0 Å². The van der Waals surface area contributed by atoms with E-state index in [-0.39, 0.29) is 0 Å². The van der Waals surface area contributed by atoms with E-state index in [0.29, 0.717) is 0 Å². The van der Waals surface area contributed by atoms with Gasteiger partial charge in [-0.05, 0) is 25.5 Å². The van der Waals surface area contributed by atoms with Gasteiger partial charge in [0.1, 0.15) is 0 Å². The molecule has 0 aromatic heterocycles. The van der Waals surface area contributed by atoms with Gasteiger partial charge in [-0.3, -0.25) is 0 Å². The van der Waals surface area contributed by atoms with Gasteiger partial charge < -0.3 is 10.9 Å². The Bertz CT molecular complexity index is 145. The first-order valence-corrected chi connectivity index (χ1v) is 3.65. The Morgan fingerprint density at radius 1 is 1.20 bits per heavy atom. The van der Waals surface area contributed by atoms with Crippen molar-refractivity contribution >= 4 is 0 Å². The molecule has 1 rings (SSSR count). The minimum absolute atomic E-state index is 1.16. The molecule has 2 nitrogen and oxygen atoms in total. The van der Waals surface area contributed by atoms with Crippen LogP contribution in [0.4, 0.5) is 0 Å². The molecule has 0 aromatic carbocycles. The minimum Gasteiger partial charge on any atom is -0.308 e. The highest BCUT2D eigenvalue weighted by Gasteiger charge is 1.91. The number of rotatable bonds is 0. The molecule has 0 aliphatic carbocycles. The van der Waals surface area contributed by atoms with Crippen molar-refractivity contribution in [2.24, 2.45) is 0 Å². The number of nitrogens with one attached hydrogen (secondary N) is 2. The zero-order chi connectivity index (χ0) is 7.98. The molecule has 0 fully saturated rings. The zero-order valence-corrected chi connectivity index (χ0v) is 7.15. The second kappa shape index (κ2) is 4.91. The molecule has 0 spiro atoms. The number of allylic oxidation sites excluding steroid dienone is 3. The SMILES string of the molecule is CC.CC1=CNNC(C)=C1. The Balaban J connectivity index is 0.000000371. The van der Waals surface area contributed by atoms with E-state index in [0.717, 1.165) is 5.70 Å². The largest absolute Gasteiger partial charge is 0.308 e. The van der Waals surface area contributed by atoms with E-state index >= 15 is 0 Å². The molecule has 0 saturated heterocycles. The molecule has 2 N–H and O–H groups in total. The molecule has 0 saturated carbocycles. The predicted octanol–water partition coefficient (Wildman–Crippen LogP) is 1.93. The van der Waals surface area contributed by atoms with Crippen LogP contribution in [0.15, 0.2) is 23.5 Å². The number of hydrogen-bond donors (Lipinski definition) is 2. The molecular weight excluding hydrogens is 124 g/mol. The lowest BCUT2D eigenvalue weighted by Gasteiger charge is -2.11. The van der Waals surface area contributed by atoms with Crippen molar-refractivity contribution in [1.82, 2.24) is 10.9 Å². The first kappa shape index (κ1) is 9.08. The summed E-state index contributed by atoms with van der Waals surface area (Å²) in [6.07, 6.45) is 4.00. The Morgan fingerprint density at radius 3 is 2.10 bits per heavy atom. The Hall–Kier alpha value is -0.920. The average molecular weight is 140 g/mol. The molecule has 1 heterocycles. The molecule has 0 aromatic rings. The summed E-state index contributed by atoms with van der Waals surface area (Å²) >= 11 is 0. The van der Waals surface area contributed by atoms with Crippen LogP contribution in [0.2, 0.25) is 0 Å². The van der Waals surface area contributed by atoms with Crippen molar-refractivity contribution in [3.8, 4) is 0 Å². The zero-order valence-electron chi connectivity index (χ0n) is 7.15. The van der Waals surface area contributed by atoms with E-state index < -0.39 is 0 Å². The molecule has 2 heteroatoms. The lowest BCUT2D eigenvalue weighted by molar-refractivity contribution is 0.711. The summed E-state index contributed by atoms with van der Waals surface area (Å²) in [4.78, 5) is 0. The average Bonchev–Trinajstić information content (AvgIpc) is 1.91. The van der Waals surface area contributed by atoms with Crippen molar-refractivity contribution in [2.45, 2.75) is 27.7 Å². The molecular formula is C8H16N2. The van der Waals surface area contributed by atoms with E-state index in [9.17, 15) is 0 Å². The number of hydrogen-bond acceptors (Lipinski definition) is 2. The Kier molecular flexibility index (Phi) is 4.46. The van der Waals surface area contributed by atoms with Gasteiger partial charge in [-0.2, -0.15) is 0 Å². The van der Waals surface area contributed by atoms with Crippen molar-refractivity contribution in [3.05, 3.63) is 23.5 Å². The van der Waals surface area contributed by atoms with Crippen LogP contribution < -0.4 is 10.9 Å². The third-order valence-corrected chi connectivity index (χ3v) is 1.01. The van der Waals surface area contributed by atoms with Gasteiger partial charge in [0, 0.05) is 11.9 Å². The van der Waals surface area contributed by atoms with Crippen molar-refractivity contribution in [1.29, 1.82) is 0 Å². The van der Waals surface area contributed by atoms with Crippen LogP contribution in [0.25, 0.3) is 0 Å². The smallest absolute Gasteiger partial charge is 0.0286 e. The molecule has 0 bridgehead atoms. The summed E-state index contributed by atoms with van der Waals surface area (Å²) in [7, 11) is 0. The summed E-state index contributed by atoms with van der Waals surface area (Å²) in [6, 6.07) is 0. The van der Waals surface area contributed by atoms with Gasteiger partial charge in [-0.15, -0.1) is 0 Å². The maximum atomic E-state index is 2.95. The van der Waals surface area contributed by atoms with E-state index in [1.165, 1.54) is 5.57 Å². The highest BCUT2D eigenvalue weighted by atomic mass is 15.3. The molecule has 0 unspecified atom stereocenters. The topological polar surface area (TPSA) is 24.1 Å². The highest BCUT2D eigenvalue weighted by molar-refractivity contribution is 5.21. The fraction of sp³-hybridized carbons (Fsp3) is 0.500. The van der Waals surface area contributed by atoms with Crippen LogP contribution in [-0.2, 0) is 0 Å². The van der Waals surface area contributed by atoms with Crippen LogP contribution in [0.5, 0.6) is 0 Å². The van der Waals surface area contributed by atoms with Crippen LogP contribution in [0, 0.1) is 0 Å². The lowest BCUT2D eigenvalue weighted by atomic mass is 10.2. The van der Waals surface area contributed by atoms with E-state index in [2.05, 4.69) is 23.9 Å². The molecule has 0 amide bonds.